The van der Waals surface area contributed by atoms with Gasteiger partial charge in [-0.3, -0.25) is 9.89 Å². The van der Waals surface area contributed by atoms with Crippen molar-refractivity contribution in [3.63, 3.8) is 0 Å². The van der Waals surface area contributed by atoms with Gasteiger partial charge in [-0.15, -0.1) is 0 Å². The summed E-state index contributed by atoms with van der Waals surface area (Å²) in [6.45, 7) is 4.23. The van der Waals surface area contributed by atoms with E-state index in [2.05, 4.69) is 15.5 Å². The molecule has 2 aromatic rings. The number of H-pyrrole nitrogens is 1. The standard InChI is InChI=1S/C16H22N4O4S/c1-11-15(12(2)19-18-11)25(22,23)20-7-3-5-13(10-20)16(21)17-9-14-6-4-8-24-14/h4,6,8,13H,3,5,7,9-10H2,1-2H3,(H,17,21)(H,18,19). The number of rotatable bonds is 5. The molecule has 3 heterocycles. The Balaban J connectivity index is 1.69. The Morgan fingerprint density at radius 2 is 2.28 bits per heavy atom. The van der Waals surface area contributed by atoms with Crippen LogP contribution in [-0.2, 0) is 21.4 Å². The molecule has 25 heavy (non-hydrogen) atoms. The van der Waals surface area contributed by atoms with Crippen LogP contribution in [0.3, 0.4) is 0 Å². The van der Waals surface area contributed by atoms with Gasteiger partial charge in [-0.05, 0) is 38.8 Å². The molecule has 1 atom stereocenters. The van der Waals surface area contributed by atoms with Crippen molar-refractivity contribution in [1.29, 1.82) is 0 Å². The lowest BCUT2D eigenvalue weighted by molar-refractivity contribution is -0.126. The van der Waals surface area contributed by atoms with Crippen LogP contribution in [0.5, 0.6) is 0 Å². The molecule has 0 bridgehead atoms. The number of aryl methyl sites for hydroxylation is 2. The average Bonchev–Trinajstić information content (AvgIpc) is 3.22. The Bertz CT molecular complexity index is 822. The maximum Gasteiger partial charge on any atom is 0.246 e. The van der Waals surface area contributed by atoms with Gasteiger partial charge in [0.2, 0.25) is 15.9 Å². The molecular weight excluding hydrogens is 344 g/mol. The van der Waals surface area contributed by atoms with Crippen LogP contribution in [-0.4, -0.2) is 41.9 Å². The highest BCUT2D eigenvalue weighted by Crippen LogP contribution is 2.26. The minimum Gasteiger partial charge on any atom is -0.467 e. The van der Waals surface area contributed by atoms with Crippen molar-refractivity contribution in [2.45, 2.75) is 38.1 Å². The zero-order chi connectivity index (χ0) is 18.0. The fourth-order valence-corrected chi connectivity index (χ4v) is 5.01. The largest absolute Gasteiger partial charge is 0.467 e. The molecule has 0 radical (unpaired) electrons. The minimum atomic E-state index is -3.66. The monoisotopic (exact) mass is 366 g/mol. The van der Waals surface area contributed by atoms with Crippen molar-refractivity contribution in [3.05, 3.63) is 35.5 Å². The first-order valence-corrected chi connectivity index (χ1v) is 9.65. The number of piperidine rings is 1. The first-order valence-electron chi connectivity index (χ1n) is 8.21. The number of nitrogens with zero attached hydrogens (tertiary/aromatic N) is 2. The van der Waals surface area contributed by atoms with Gasteiger partial charge in [0.05, 0.1) is 30.1 Å². The molecule has 1 saturated heterocycles. The molecule has 1 unspecified atom stereocenters. The number of hydrogen-bond acceptors (Lipinski definition) is 5. The van der Waals surface area contributed by atoms with E-state index in [0.29, 0.717) is 43.1 Å². The van der Waals surface area contributed by atoms with Crippen LogP contribution in [0.15, 0.2) is 27.7 Å². The van der Waals surface area contributed by atoms with E-state index in [4.69, 9.17) is 4.42 Å². The van der Waals surface area contributed by atoms with E-state index in [1.165, 1.54) is 4.31 Å². The molecule has 0 aromatic carbocycles. The zero-order valence-electron chi connectivity index (χ0n) is 14.3. The minimum absolute atomic E-state index is 0.156. The van der Waals surface area contributed by atoms with Crippen LogP contribution < -0.4 is 5.32 Å². The van der Waals surface area contributed by atoms with Crippen LogP contribution in [0.1, 0.15) is 30.0 Å². The number of carbonyl (C=O) groups excluding carboxylic acids is 1. The van der Waals surface area contributed by atoms with E-state index in [1.807, 2.05) is 0 Å². The van der Waals surface area contributed by atoms with Crippen molar-refractivity contribution in [1.82, 2.24) is 19.8 Å². The van der Waals surface area contributed by atoms with Gasteiger partial charge in [-0.2, -0.15) is 9.40 Å². The van der Waals surface area contributed by atoms with Gasteiger partial charge < -0.3 is 9.73 Å². The van der Waals surface area contributed by atoms with Gasteiger partial charge in [0.15, 0.2) is 0 Å². The number of aromatic nitrogens is 2. The molecule has 1 aliphatic rings. The van der Waals surface area contributed by atoms with Crippen molar-refractivity contribution < 1.29 is 17.6 Å². The lowest BCUT2D eigenvalue weighted by atomic mass is 9.99. The quantitative estimate of drug-likeness (QED) is 0.830. The third-order valence-corrected chi connectivity index (χ3v) is 6.56. The Hall–Kier alpha value is -2.13. The first kappa shape index (κ1) is 17.7. The lowest BCUT2D eigenvalue weighted by Crippen LogP contribution is -2.45. The molecule has 1 aliphatic heterocycles. The summed E-state index contributed by atoms with van der Waals surface area (Å²) in [6.07, 6.45) is 2.86. The molecule has 2 aromatic heterocycles. The number of aromatic amines is 1. The molecule has 9 heteroatoms. The Labute approximate surface area is 146 Å². The molecule has 8 nitrogen and oxygen atoms in total. The maximum atomic E-state index is 12.9. The van der Waals surface area contributed by atoms with E-state index in [9.17, 15) is 13.2 Å². The number of amides is 1. The summed E-state index contributed by atoms with van der Waals surface area (Å²) in [4.78, 5) is 12.6. The second-order valence-corrected chi connectivity index (χ2v) is 8.14. The first-order chi connectivity index (χ1) is 11.9. The van der Waals surface area contributed by atoms with E-state index in [1.54, 1.807) is 32.2 Å². The zero-order valence-corrected chi connectivity index (χ0v) is 15.1. The predicted octanol–water partition coefficient (Wildman–Crippen LogP) is 1.34. The highest BCUT2D eigenvalue weighted by atomic mass is 32.2. The second kappa shape index (κ2) is 7.01. The highest BCUT2D eigenvalue weighted by molar-refractivity contribution is 7.89. The summed E-state index contributed by atoms with van der Waals surface area (Å²) in [5.74, 6) is 0.140. The van der Waals surface area contributed by atoms with E-state index < -0.39 is 10.0 Å². The Kier molecular flexibility index (Phi) is 4.96. The fourth-order valence-electron chi connectivity index (χ4n) is 3.16. The summed E-state index contributed by atoms with van der Waals surface area (Å²) in [7, 11) is -3.66. The summed E-state index contributed by atoms with van der Waals surface area (Å²) in [6, 6.07) is 3.54. The van der Waals surface area contributed by atoms with Crippen LogP contribution >= 0.6 is 0 Å². The van der Waals surface area contributed by atoms with Gasteiger partial charge in [-0.25, -0.2) is 8.42 Å². The van der Waals surface area contributed by atoms with Crippen molar-refractivity contribution in [2.24, 2.45) is 5.92 Å². The van der Waals surface area contributed by atoms with Crippen LogP contribution in [0.4, 0.5) is 0 Å². The van der Waals surface area contributed by atoms with Crippen LogP contribution in [0, 0.1) is 19.8 Å². The molecule has 0 aliphatic carbocycles. The van der Waals surface area contributed by atoms with Gasteiger partial charge in [-0.1, -0.05) is 0 Å². The summed E-state index contributed by atoms with van der Waals surface area (Å²) in [5.41, 5.74) is 0.962. The summed E-state index contributed by atoms with van der Waals surface area (Å²) < 4.78 is 32.4. The molecule has 3 rings (SSSR count). The number of nitrogens with one attached hydrogen (secondary N) is 2. The van der Waals surface area contributed by atoms with Crippen LogP contribution in [0.2, 0.25) is 0 Å². The van der Waals surface area contributed by atoms with E-state index in [0.717, 1.165) is 0 Å². The molecule has 1 fully saturated rings. The van der Waals surface area contributed by atoms with Gasteiger partial charge in [0, 0.05) is 13.1 Å². The van der Waals surface area contributed by atoms with Crippen LogP contribution in [0.25, 0.3) is 0 Å². The van der Waals surface area contributed by atoms with Crippen molar-refractivity contribution in [3.8, 4) is 0 Å². The third-order valence-electron chi connectivity index (χ3n) is 4.43. The third kappa shape index (κ3) is 3.62. The second-order valence-electron chi connectivity index (χ2n) is 6.26. The van der Waals surface area contributed by atoms with E-state index in [-0.39, 0.29) is 23.3 Å². The fraction of sp³-hybridized carbons (Fsp3) is 0.500. The maximum absolute atomic E-state index is 12.9. The van der Waals surface area contributed by atoms with Gasteiger partial charge >= 0.3 is 0 Å². The SMILES string of the molecule is Cc1n[nH]c(C)c1S(=O)(=O)N1CCCC(C(=O)NCc2ccco2)C1. The van der Waals surface area contributed by atoms with Crippen molar-refractivity contribution in [2.75, 3.05) is 13.1 Å². The molecule has 136 valence electrons. The summed E-state index contributed by atoms with van der Waals surface area (Å²) in [5, 5.41) is 9.49. The Morgan fingerprint density at radius 3 is 2.92 bits per heavy atom. The normalized spacial score (nSPS) is 19.0. The molecule has 2 N–H and O–H groups in total. The van der Waals surface area contributed by atoms with Gasteiger partial charge in [0.1, 0.15) is 10.7 Å². The molecule has 0 saturated carbocycles. The van der Waals surface area contributed by atoms with E-state index >= 15 is 0 Å². The molecule has 0 spiro atoms. The average molecular weight is 366 g/mol. The summed E-state index contributed by atoms with van der Waals surface area (Å²) >= 11 is 0. The Morgan fingerprint density at radius 1 is 1.48 bits per heavy atom. The molecular formula is C16H22N4O4S. The highest BCUT2D eigenvalue weighted by Gasteiger charge is 2.35. The number of carbonyl (C=O) groups is 1. The predicted molar refractivity (Wildman–Crippen MR) is 90.1 cm³/mol. The number of furan rings is 1. The lowest BCUT2D eigenvalue weighted by Gasteiger charge is -2.31. The van der Waals surface area contributed by atoms with Crippen molar-refractivity contribution >= 4 is 15.9 Å². The number of sulfonamides is 1. The van der Waals surface area contributed by atoms with Gasteiger partial charge in [0.25, 0.3) is 0 Å². The molecule has 1 amide bonds. The smallest absolute Gasteiger partial charge is 0.246 e. The topological polar surface area (TPSA) is 108 Å². The number of hydrogen-bond donors (Lipinski definition) is 2.